The zero-order chi connectivity index (χ0) is 21.1. The molecule has 0 radical (unpaired) electrons. The predicted octanol–water partition coefficient (Wildman–Crippen LogP) is 8.96. The van der Waals surface area contributed by atoms with Crippen molar-refractivity contribution in [3.63, 3.8) is 0 Å². The summed E-state index contributed by atoms with van der Waals surface area (Å²) in [4.78, 5) is 0. The number of phosphoric acid groups is 1. The molecule has 0 heterocycles. The number of hydrogen-bond donors (Lipinski definition) is 0. The number of phosphoric ester groups is 1. The summed E-state index contributed by atoms with van der Waals surface area (Å²) >= 11 is 40.0. The number of halogens is 8. The monoisotopic (exact) mass is 690 g/mol. The molecule has 2 atom stereocenters. The molecule has 1 aromatic carbocycles. The Hall–Kier alpha value is 2.06. The van der Waals surface area contributed by atoms with Gasteiger partial charge in [0.1, 0.15) is 5.75 Å². The molecule has 0 bridgehead atoms. The van der Waals surface area contributed by atoms with E-state index >= 15 is 0 Å². The molecule has 0 amide bonds. The molecule has 27 heavy (non-hydrogen) atoms. The van der Waals surface area contributed by atoms with Gasteiger partial charge < -0.3 is 4.52 Å². The van der Waals surface area contributed by atoms with Gasteiger partial charge in [0.25, 0.3) is 0 Å². The quantitative estimate of drug-likeness (QED) is 0.181. The Morgan fingerprint density at radius 3 is 1.96 bits per heavy atom. The van der Waals surface area contributed by atoms with E-state index in [9.17, 15) is 4.57 Å². The van der Waals surface area contributed by atoms with Crippen molar-refractivity contribution in [1.29, 1.82) is 0 Å². The lowest BCUT2D eigenvalue weighted by atomic mass is 9.98. The summed E-state index contributed by atoms with van der Waals surface area (Å²) in [5.41, 5.74) is -0.891. The molecule has 0 aliphatic carbocycles. The van der Waals surface area contributed by atoms with Crippen LogP contribution in [0.5, 0.6) is 5.75 Å². The van der Waals surface area contributed by atoms with E-state index in [0.717, 1.165) is 0 Å². The summed E-state index contributed by atoms with van der Waals surface area (Å²) in [6.07, 6.45) is -0.243. The molecule has 156 valence electrons. The van der Waals surface area contributed by atoms with E-state index in [1.165, 1.54) is 0 Å². The van der Waals surface area contributed by atoms with Crippen molar-refractivity contribution in [3.8, 4) is 5.75 Å². The van der Waals surface area contributed by atoms with Gasteiger partial charge in [0.05, 0.1) is 0 Å². The van der Waals surface area contributed by atoms with Crippen LogP contribution in [0.25, 0.3) is 0 Å². The first-order valence-corrected chi connectivity index (χ1v) is 13.0. The lowest BCUT2D eigenvalue weighted by molar-refractivity contribution is 0.0630. The van der Waals surface area contributed by atoms with Crippen LogP contribution in [-0.4, -0.2) is 17.1 Å². The van der Waals surface area contributed by atoms with Crippen LogP contribution in [0.4, 0.5) is 0 Å². The molecule has 0 aliphatic rings. The third kappa shape index (κ3) is 9.39. The third-order valence-corrected chi connectivity index (χ3v) is 8.61. The topological polar surface area (TPSA) is 44.8 Å². The maximum atomic E-state index is 13.4. The normalized spacial score (nSPS) is 17.9. The van der Waals surface area contributed by atoms with Crippen LogP contribution < -0.4 is 4.52 Å². The highest BCUT2D eigenvalue weighted by atomic mass is 79.9. The highest BCUT2D eigenvalue weighted by Gasteiger charge is 2.53. The van der Waals surface area contributed by atoms with Crippen molar-refractivity contribution in [2.75, 3.05) is 5.88 Å². The molecule has 1 aromatic rings. The van der Waals surface area contributed by atoms with Gasteiger partial charge in [0.15, 0.2) is 2.69 Å². The molecular formula is C14H15Br3Cl5O4P. The van der Waals surface area contributed by atoms with Gasteiger partial charge in [0, 0.05) is 17.7 Å². The number of hydrogen-bond acceptors (Lipinski definition) is 4. The average molecular weight is 695 g/mol. The molecule has 0 fully saturated rings. The van der Waals surface area contributed by atoms with Crippen LogP contribution in [0.15, 0.2) is 30.3 Å². The van der Waals surface area contributed by atoms with Crippen molar-refractivity contribution in [2.24, 2.45) is 5.41 Å². The van der Waals surface area contributed by atoms with Crippen molar-refractivity contribution < 1.29 is 18.1 Å². The summed E-state index contributed by atoms with van der Waals surface area (Å²) in [6.45, 7) is 3.37. The smallest absolute Gasteiger partial charge is 0.404 e. The van der Waals surface area contributed by atoms with Gasteiger partial charge in [-0.15, -0.1) is 11.6 Å². The molecule has 0 N–H and O–H groups in total. The Kier molecular flexibility index (Phi) is 10.2. The molecule has 13 heteroatoms. The van der Waals surface area contributed by atoms with Gasteiger partial charge in [-0.05, 0) is 28.1 Å². The fraction of sp³-hybridized carbons (Fsp3) is 0.571. The number of benzene rings is 1. The van der Waals surface area contributed by atoms with E-state index in [0.29, 0.717) is 0 Å². The second-order valence-corrected chi connectivity index (χ2v) is 16.6. The number of alkyl halides is 8. The lowest BCUT2D eigenvalue weighted by Crippen LogP contribution is -2.38. The zero-order valence-electron chi connectivity index (χ0n) is 13.9. The minimum atomic E-state index is -4.48. The maximum absolute atomic E-state index is 13.4. The molecular weight excluding hydrogens is 680 g/mol. The number of rotatable bonds is 10. The van der Waals surface area contributed by atoms with E-state index in [2.05, 4.69) is 47.8 Å². The fourth-order valence-corrected chi connectivity index (χ4v) is 6.93. The Labute approximate surface area is 208 Å². The van der Waals surface area contributed by atoms with Gasteiger partial charge in [-0.2, -0.15) is 0 Å². The van der Waals surface area contributed by atoms with E-state index < -0.39 is 24.4 Å². The summed E-state index contributed by atoms with van der Waals surface area (Å²) in [7, 11) is -4.48. The van der Waals surface area contributed by atoms with Crippen LogP contribution in [0, 0.1) is 5.41 Å². The Balaban J connectivity index is 3.22. The summed E-state index contributed by atoms with van der Waals surface area (Å²) in [6, 6.07) is 8.17. The van der Waals surface area contributed by atoms with Crippen molar-refractivity contribution in [3.05, 3.63) is 30.3 Å². The van der Waals surface area contributed by atoms with E-state index in [-0.39, 0.29) is 18.1 Å². The second kappa shape index (κ2) is 10.1. The first-order valence-electron chi connectivity index (χ1n) is 7.15. The van der Waals surface area contributed by atoms with Crippen molar-refractivity contribution in [2.45, 2.75) is 31.4 Å². The summed E-state index contributed by atoms with van der Waals surface area (Å²) < 4.78 is 24.6. The zero-order valence-corrected chi connectivity index (χ0v) is 23.3. The molecule has 2 unspecified atom stereocenters. The van der Waals surface area contributed by atoms with Gasteiger partial charge >= 0.3 is 7.82 Å². The van der Waals surface area contributed by atoms with Crippen LogP contribution in [0.3, 0.4) is 0 Å². The van der Waals surface area contributed by atoms with Crippen LogP contribution in [-0.2, 0) is 13.6 Å². The third-order valence-electron chi connectivity index (χ3n) is 2.96. The Bertz CT molecular complexity index is 670. The largest absolute Gasteiger partial charge is 0.535 e. The minimum absolute atomic E-state index is 0.0631. The highest BCUT2D eigenvalue weighted by Crippen LogP contribution is 2.63. The molecule has 4 nitrogen and oxygen atoms in total. The van der Waals surface area contributed by atoms with E-state index in [1.54, 1.807) is 44.2 Å². The highest BCUT2D eigenvalue weighted by molar-refractivity contribution is 9.26. The standard InChI is InChI=1S/C14H15Br3Cl5O4P/c1-11(2,9-18)14(17,22)26-27(23,24-10-6-4-3-5-7-10)25-13(20,21)8-12(15,16)19/h3-7H,8-9H2,1-2H3. The van der Waals surface area contributed by atoms with Crippen molar-refractivity contribution >= 4 is 114 Å². The van der Waals surface area contributed by atoms with Gasteiger partial charge in [-0.1, -0.05) is 110 Å². The predicted molar refractivity (Wildman–Crippen MR) is 124 cm³/mol. The Morgan fingerprint density at radius 1 is 1.00 bits per heavy atom. The number of para-hydroxylation sites is 1. The average Bonchev–Trinajstić information content (AvgIpc) is 2.43. The lowest BCUT2D eigenvalue weighted by Gasteiger charge is -2.38. The second-order valence-electron chi connectivity index (χ2n) is 6.00. The van der Waals surface area contributed by atoms with Gasteiger partial charge in [-0.25, -0.2) is 13.6 Å². The van der Waals surface area contributed by atoms with E-state index in [4.69, 9.17) is 71.6 Å². The summed E-state index contributed by atoms with van der Waals surface area (Å²) in [5.74, 6) is 0.247. The summed E-state index contributed by atoms with van der Waals surface area (Å²) in [5, 5.41) is 0. The SMILES string of the molecule is CC(C)(CCl)C(Cl)(Br)OP(=O)(Oc1ccccc1)OC(Cl)(Cl)CC(Cl)(Br)Br. The van der Waals surface area contributed by atoms with Crippen LogP contribution in [0.1, 0.15) is 20.3 Å². The van der Waals surface area contributed by atoms with Crippen LogP contribution in [0.2, 0.25) is 0 Å². The molecule has 0 aliphatic heterocycles. The molecule has 0 spiro atoms. The first-order chi connectivity index (χ1) is 12.0. The van der Waals surface area contributed by atoms with Crippen molar-refractivity contribution in [1.82, 2.24) is 0 Å². The Morgan fingerprint density at radius 2 is 1.52 bits per heavy atom. The van der Waals surface area contributed by atoms with Gasteiger partial charge in [0.2, 0.25) is 8.49 Å². The van der Waals surface area contributed by atoms with Gasteiger partial charge in [-0.3, -0.25) is 0 Å². The first kappa shape index (κ1) is 27.1. The van der Waals surface area contributed by atoms with E-state index in [1.807, 2.05) is 0 Å². The molecule has 0 saturated carbocycles. The van der Waals surface area contributed by atoms with Crippen LogP contribution >= 0.6 is 114 Å². The minimum Gasteiger partial charge on any atom is -0.404 e. The molecule has 0 saturated heterocycles. The molecule has 0 aromatic heterocycles. The maximum Gasteiger partial charge on any atom is 0.535 e. The molecule has 1 rings (SSSR count). The fourth-order valence-electron chi connectivity index (χ4n) is 1.44.